The van der Waals surface area contributed by atoms with Gasteiger partial charge in [-0.05, 0) is 86.6 Å². The molecule has 5 N–H and O–H groups in total. The number of fused-ring (bicyclic) bond motifs is 7. The van der Waals surface area contributed by atoms with Gasteiger partial charge in [0.2, 0.25) is 0 Å². The third-order valence-corrected chi connectivity index (χ3v) is 9.82. The zero-order valence-corrected chi connectivity index (χ0v) is 25.7. The number of Topliss-reactive ketones (excluding diaryl/α,β-unsaturated/α-hetero) is 1. The van der Waals surface area contributed by atoms with Gasteiger partial charge in [-0.3, -0.25) is 14.4 Å². The summed E-state index contributed by atoms with van der Waals surface area (Å²) in [4.78, 5) is 49.6. The molecule has 5 heterocycles. The first-order valence-electron chi connectivity index (χ1n) is 14.9. The van der Waals surface area contributed by atoms with Gasteiger partial charge in [0.05, 0.1) is 12.8 Å². The van der Waals surface area contributed by atoms with Crippen LogP contribution in [-0.4, -0.2) is 44.9 Å². The monoisotopic (exact) mass is 582 g/mol. The maximum Gasteiger partial charge on any atom is 0.321 e. The van der Waals surface area contributed by atoms with E-state index in [0.717, 1.165) is 62.2 Å². The SMILES string of the molecule is CCc1c2[nH]c(c1C)/C=C1\N/C(=C3\c4[nH]c(c(C)c4C(=O)[C@@H]3C(=O)OC)/C=c3\[nH]/c(c(C)c3C)=C\2)[C@@H](CCC(=O)O)[C@@H]1C. The Bertz CT molecular complexity index is 1910. The molecule has 224 valence electrons. The van der Waals surface area contributed by atoms with Gasteiger partial charge in [-0.2, -0.15) is 0 Å². The second-order valence-electron chi connectivity index (χ2n) is 12.0. The van der Waals surface area contributed by atoms with Gasteiger partial charge < -0.3 is 30.1 Å². The molecule has 3 aromatic rings. The molecule has 1 fully saturated rings. The first-order valence-corrected chi connectivity index (χ1v) is 14.9. The van der Waals surface area contributed by atoms with Crippen LogP contribution in [0.15, 0.2) is 11.4 Å². The summed E-state index contributed by atoms with van der Waals surface area (Å²) in [6.07, 6.45) is 7.43. The van der Waals surface area contributed by atoms with Crippen molar-refractivity contribution < 1.29 is 24.2 Å². The Hall–Kier alpha value is -4.53. The molecule has 0 spiro atoms. The fraction of sp³-hybridized carbons (Fsp3) is 0.382. The number of ketones is 1. The summed E-state index contributed by atoms with van der Waals surface area (Å²) in [5.41, 5.74) is 11.4. The lowest BCUT2D eigenvalue weighted by Gasteiger charge is -2.19. The van der Waals surface area contributed by atoms with Gasteiger partial charge in [0, 0.05) is 68.6 Å². The van der Waals surface area contributed by atoms with Gasteiger partial charge in [-0.15, -0.1) is 0 Å². The maximum atomic E-state index is 14.0. The Morgan fingerprint density at radius 2 is 1.56 bits per heavy atom. The number of H-pyrrole nitrogens is 3. The van der Waals surface area contributed by atoms with Gasteiger partial charge >= 0.3 is 11.9 Å². The fourth-order valence-corrected chi connectivity index (χ4v) is 7.13. The van der Waals surface area contributed by atoms with Crippen LogP contribution in [0.3, 0.4) is 0 Å². The van der Waals surface area contributed by atoms with Crippen molar-refractivity contribution in [3.63, 3.8) is 0 Å². The number of nitrogens with one attached hydrogen (secondary N) is 4. The van der Waals surface area contributed by atoms with Crippen molar-refractivity contribution in [2.75, 3.05) is 7.11 Å². The van der Waals surface area contributed by atoms with Gasteiger partial charge in [-0.25, -0.2) is 0 Å². The van der Waals surface area contributed by atoms with E-state index < -0.39 is 17.9 Å². The lowest BCUT2D eigenvalue weighted by Crippen LogP contribution is -2.25. The summed E-state index contributed by atoms with van der Waals surface area (Å²) in [6.45, 7) is 12.4. The number of aromatic nitrogens is 3. The Morgan fingerprint density at radius 3 is 2.19 bits per heavy atom. The number of methoxy groups -OCH3 is 1. The van der Waals surface area contributed by atoms with Crippen LogP contribution in [-0.2, 0) is 20.7 Å². The molecule has 0 aromatic carbocycles. The highest BCUT2D eigenvalue weighted by Crippen LogP contribution is 2.48. The topological polar surface area (TPSA) is 140 Å². The van der Waals surface area contributed by atoms with Crippen molar-refractivity contribution in [3.8, 4) is 0 Å². The van der Waals surface area contributed by atoms with E-state index in [1.807, 2.05) is 13.0 Å². The molecule has 0 saturated carbocycles. The summed E-state index contributed by atoms with van der Waals surface area (Å²) in [5.74, 6) is -3.32. The molecular weight excluding hydrogens is 544 g/mol. The molecular formula is C34H38N4O5. The van der Waals surface area contributed by atoms with Crippen molar-refractivity contribution in [1.29, 1.82) is 0 Å². The van der Waals surface area contributed by atoms with Crippen molar-refractivity contribution in [1.82, 2.24) is 20.3 Å². The average molecular weight is 583 g/mol. The van der Waals surface area contributed by atoms with Crippen LogP contribution >= 0.6 is 0 Å². The van der Waals surface area contributed by atoms with Crippen LogP contribution in [0.4, 0.5) is 0 Å². The Labute approximate surface area is 249 Å². The highest BCUT2D eigenvalue weighted by atomic mass is 16.5. The molecule has 43 heavy (non-hydrogen) atoms. The highest BCUT2D eigenvalue weighted by Gasteiger charge is 2.48. The van der Waals surface area contributed by atoms with Crippen LogP contribution in [0.2, 0.25) is 0 Å². The number of carboxylic acids is 1. The molecule has 8 bridgehead atoms. The number of allylic oxidation sites excluding steroid dienone is 2. The Kier molecular flexibility index (Phi) is 6.86. The largest absolute Gasteiger partial charge is 0.481 e. The predicted octanol–water partition coefficient (Wildman–Crippen LogP) is 3.90. The minimum atomic E-state index is -1.14. The fourth-order valence-electron chi connectivity index (χ4n) is 7.13. The molecule has 3 aliphatic rings. The summed E-state index contributed by atoms with van der Waals surface area (Å²) < 4.78 is 5.15. The number of hydrogen-bond acceptors (Lipinski definition) is 5. The van der Waals surface area contributed by atoms with Crippen molar-refractivity contribution in [2.24, 2.45) is 17.8 Å². The Balaban J connectivity index is 1.72. The van der Waals surface area contributed by atoms with Crippen LogP contribution in [0.25, 0.3) is 23.8 Å². The number of ether oxygens (including phenoxy) is 1. The molecule has 6 rings (SSSR count). The standard InChI is InChI=1S/C34H38N4O5/c1-8-19-16(4)23-12-24-17(5)20(9-10-27(39)40)31(37-24)29-30(34(42)43-7)33(41)28-18(6)25(38-32(28)29)11-21-14(2)15(3)22(35-21)13-26(19)36-23/h11-13,17,20,30,35-38H,8-10H2,1-7H3,(H,39,40)/b21-11-,22-13-,24-12-,31-29-/t17-,20-,30+/m0/s1. The van der Waals surface area contributed by atoms with E-state index in [2.05, 4.69) is 67.0 Å². The van der Waals surface area contributed by atoms with Crippen LogP contribution in [0, 0.1) is 45.4 Å². The minimum Gasteiger partial charge on any atom is -0.481 e. The second kappa shape index (κ2) is 10.3. The molecule has 0 unspecified atom stereocenters. The van der Waals surface area contributed by atoms with Gasteiger partial charge in [-0.1, -0.05) is 13.8 Å². The number of carbonyl (C=O) groups excluding carboxylic acids is 2. The van der Waals surface area contributed by atoms with E-state index in [1.165, 1.54) is 12.7 Å². The maximum absolute atomic E-state index is 14.0. The van der Waals surface area contributed by atoms with Crippen molar-refractivity contribution >= 4 is 41.5 Å². The number of aliphatic carboxylic acids is 1. The molecule has 0 radical (unpaired) electrons. The zero-order chi connectivity index (χ0) is 30.9. The third kappa shape index (κ3) is 4.32. The number of carboxylic acid groups (broad SMARTS) is 1. The molecule has 9 heteroatoms. The van der Waals surface area contributed by atoms with E-state index in [1.54, 1.807) is 0 Å². The average Bonchev–Trinajstić information content (AvgIpc) is 3.70. The van der Waals surface area contributed by atoms with Gasteiger partial charge in [0.1, 0.15) is 5.92 Å². The van der Waals surface area contributed by atoms with Crippen LogP contribution in [0.5, 0.6) is 0 Å². The quantitative estimate of drug-likeness (QED) is 0.228. The van der Waals surface area contributed by atoms with Gasteiger partial charge in [0.25, 0.3) is 0 Å². The predicted molar refractivity (Wildman–Crippen MR) is 164 cm³/mol. The number of esters is 1. The second-order valence-corrected chi connectivity index (χ2v) is 12.0. The zero-order valence-electron chi connectivity index (χ0n) is 25.7. The Morgan fingerprint density at radius 1 is 0.907 bits per heavy atom. The summed E-state index contributed by atoms with van der Waals surface area (Å²) in [7, 11) is 1.29. The minimum absolute atomic E-state index is 0.0403. The van der Waals surface area contributed by atoms with E-state index in [0.29, 0.717) is 28.9 Å². The van der Waals surface area contributed by atoms with E-state index in [4.69, 9.17) is 4.74 Å². The number of hydrogen-bond donors (Lipinski definition) is 5. The van der Waals surface area contributed by atoms with Crippen molar-refractivity contribution in [2.45, 2.75) is 60.8 Å². The normalized spacial score (nSPS) is 25.0. The molecule has 3 aromatic heterocycles. The lowest BCUT2D eigenvalue weighted by molar-refractivity contribution is -0.142. The van der Waals surface area contributed by atoms with Crippen LogP contribution in [0.1, 0.15) is 87.6 Å². The molecule has 9 nitrogen and oxygen atoms in total. The molecule has 1 aliphatic carbocycles. The summed E-state index contributed by atoms with van der Waals surface area (Å²) >= 11 is 0. The highest BCUT2D eigenvalue weighted by molar-refractivity contribution is 6.24. The summed E-state index contributed by atoms with van der Waals surface area (Å²) in [6, 6.07) is 0. The van der Waals surface area contributed by atoms with E-state index in [9.17, 15) is 19.5 Å². The molecule has 0 amide bonds. The molecule has 1 saturated heterocycles. The summed E-state index contributed by atoms with van der Waals surface area (Å²) in [5, 5.41) is 15.1. The van der Waals surface area contributed by atoms with E-state index in [-0.39, 0.29) is 24.0 Å². The lowest BCUT2D eigenvalue weighted by atomic mass is 9.85. The number of aromatic amines is 3. The third-order valence-electron chi connectivity index (χ3n) is 9.82. The molecule has 2 aliphatic heterocycles. The number of rotatable bonds is 5. The van der Waals surface area contributed by atoms with Crippen LogP contribution < -0.4 is 16.0 Å². The smallest absolute Gasteiger partial charge is 0.321 e. The first-order chi connectivity index (χ1) is 20.5. The molecule has 3 atom stereocenters. The van der Waals surface area contributed by atoms with Gasteiger partial charge in [0.15, 0.2) is 5.78 Å². The number of carbonyl (C=O) groups is 3. The van der Waals surface area contributed by atoms with E-state index >= 15 is 0 Å². The first kappa shape index (κ1) is 28.6. The van der Waals surface area contributed by atoms with Crippen molar-refractivity contribution in [3.05, 3.63) is 78.2 Å².